The van der Waals surface area contributed by atoms with Crippen LogP contribution in [-0.4, -0.2) is 52.2 Å². The molecule has 5 fully saturated rings. The number of rotatable bonds is 8. The summed E-state index contributed by atoms with van der Waals surface area (Å²) in [5, 5.41) is 4.57. The minimum absolute atomic E-state index is 0.0139. The molecule has 0 radical (unpaired) electrons. The molecule has 6 aliphatic rings. The molecule has 7 nitrogen and oxygen atoms in total. The van der Waals surface area contributed by atoms with Crippen molar-refractivity contribution in [2.45, 2.75) is 138 Å². The highest BCUT2D eigenvalue weighted by Crippen LogP contribution is 2.75. The van der Waals surface area contributed by atoms with Crippen LogP contribution in [0.25, 0.3) is 0 Å². The molecule has 1 saturated heterocycles. The van der Waals surface area contributed by atoms with Crippen LogP contribution in [0.1, 0.15) is 138 Å². The molecule has 0 aromatic carbocycles. The molecule has 9 heteroatoms. The summed E-state index contributed by atoms with van der Waals surface area (Å²) in [6.45, 7) is 17.8. The number of carbonyl (C=O) groups is 3. The number of thiocarbonyl (C=S) groups is 1. The lowest BCUT2D eigenvalue weighted by molar-refractivity contribution is -0.181. The van der Waals surface area contributed by atoms with Crippen molar-refractivity contribution in [3.63, 3.8) is 0 Å². The molecule has 0 spiro atoms. The van der Waals surface area contributed by atoms with E-state index in [1.165, 1.54) is 11.8 Å². The van der Waals surface area contributed by atoms with Crippen LogP contribution in [0.4, 0.5) is 0 Å². The number of ether oxygens (including phenoxy) is 1. The zero-order valence-corrected chi connectivity index (χ0v) is 33.0. The minimum atomic E-state index is -0.378. The molecule has 1 heterocycles. The summed E-state index contributed by atoms with van der Waals surface area (Å²) in [5.41, 5.74) is 2.61. The van der Waals surface area contributed by atoms with E-state index in [-0.39, 0.29) is 56.3 Å². The standard InChI is InChI=1S/C40H60N2O5S2/c1-35(2)19-21-40(33(45)46-8)22-20-38(6)26(27(40)24-35)13-14-29-37(5)17-16-30(36(3,4)28(37)15-18-39(29,38)7)41-47-32(44)12-10-9-11-23-42-31(43)25-49-34(42)48/h13,27-29H,9-12,14-25H2,1-8H3/b41-30+/t27?,28?,29?,37-,38+,39+,40-/m0/s1. The van der Waals surface area contributed by atoms with Gasteiger partial charge in [-0.25, -0.2) is 4.79 Å². The number of unbranched alkanes of at least 4 members (excludes halogenated alkanes) is 2. The molecular formula is C40H60N2O5S2. The van der Waals surface area contributed by atoms with Crippen molar-refractivity contribution in [2.24, 2.45) is 55.4 Å². The maximum atomic E-state index is 13.5. The lowest BCUT2D eigenvalue weighted by Gasteiger charge is -2.70. The molecule has 49 heavy (non-hydrogen) atoms. The first-order chi connectivity index (χ1) is 22.9. The van der Waals surface area contributed by atoms with Crippen molar-refractivity contribution >= 4 is 51.9 Å². The molecule has 272 valence electrons. The Balaban J connectivity index is 1.14. The van der Waals surface area contributed by atoms with E-state index in [1.54, 1.807) is 17.6 Å². The quantitative estimate of drug-likeness (QED) is 0.0620. The number of hydrogen-bond acceptors (Lipinski definition) is 8. The SMILES string of the molecule is COC(=O)[C@]12CCC(C)(C)CC1C1=CCC3[C@@]4(C)CC/C(=N\OC(=O)CCCCCN5C(=O)CSC5=S)C(C)(C)C4CC[C@@]3(C)[C@]1(C)CC2. The first-order valence-electron chi connectivity index (χ1n) is 19.0. The van der Waals surface area contributed by atoms with Gasteiger partial charge in [0.2, 0.25) is 5.91 Å². The van der Waals surface area contributed by atoms with Gasteiger partial charge < -0.3 is 9.57 Å². The fourth-order valence-corrected chi connectivity index (χ4v) is 13.4. The normalized spacial score (nSPS) is 40.1. The van der Waals surface area contributed by atoms with E-state index in [1.807, 2.05) is 0 Å². The van der Waals surface area contributed by atoms with E-state index >= 15 is 0 Å². The molecule has 0 N–H and O–H groups in total. The first-order valence-corrected chi connectivity index (χ1v) is 20.4. The number of hydrogen-bond donors (Lipinski definition) is 0. The van der Waals surface area contributed by atoms with Crippen molar-refractivity contribution in [1.29, 1.82) is 0 Å². The third-order valence-electron chi connectivity index (χ3n) is 15.4. The van der Waals surface area contributed by atoms with E-state index in [0.717, 1.165) is 82.8 Å². The van der Waals surface area contributed by atoms with Gasteiger partial charge in [0.25, 0.3) is 0 Å². The second-order valence-electron chi connectivity index (χ2n) is 18.5. The highest BCUT2D eigenvalue weighted by Gasteiger charge is 2.69. The molecular weight excluding hydrogens is 653 g/mol. The van der Waals surface area contributed by atoms with Gasteiger partial charge in [-0.3, -0.25) is 14.5 Å². The zero-order valence-electron chi connectivity index (χ0n) is 31.4. The number of carbonyl (C=O) groups excluding carboxylic acids is 3. The average molecular weight is 713 g/mol. The predicted molar refractivity (Wildman–Crippen MR) is 200 cm³/mol. The summed E-state index contributed by atoms with van der Waals surface area (Å²) in [6.07, 6.45) is 15.6. The Morgan fingerprint density at radius 1 is 0.980 bits per heavy atom. The Morgan fingerprint density at radius 2 is 1.71 bits per heavy atom. The Labute approximate surface area is 304 Å². The molecule has 5 aliphatic carbocycles. The summed E-state index contributed by atoms with van der Waals surface area (Å²) < 4.78 is 6.21. The van der Waals surface area contributed by atoms with Crippen LogP contribution >= 0.6 is 24.0 Å². The second kappa shape index (κ2) is 13.0. The highest BCUT2D eigenvalue weighted by atomic mass is 32.2. The highest BCUT2D eigenvalue weighted by molar-refractivity contribution is 8.23. The second-order valence-corrected chi connectivity index (χ2v) is 20.1. The number of fused-ring (bicyclic) bond motifs is 7. The number of oxime groups is 1. The molecule has 1 aliphatic heterocycles. The van der Waals surface area contributed by atoms with Gasteiger partial charge in [0, 0.05) is 18.4 Å². The number of allylic oxidation sites excluding steroid dienone is 2. The summed E-state index contributed by atoms with van der Waals surface area (Å²) in [5.74, 6) is 1.52. The van der Waals surface area contributed by atoms with Crippen LogP contribution in [0.3, 0.4) is 0 Å². The lowest BCUT2D eigenvalue weighted by Crippen LogP contribution is -2.64. The summed E-state index contributed by atoms with van der Waals surface area (Å²) in [4.78, 5) is 45.5. The van der Waals surface area contributed by atoms with E-state index in [2.05, 4.69) is 59.7 Å². The van der Waals surface area contributed by atoms with Crippen LogP contribution in [0, 0.1) is 50.2 Å². The van der Waals surface area contributed by atoms with E-state index in [9.17, 15) is 14.4 Å². The van der Waals surface area contributed by atoms with Gasteiger partial charge in [0.15, 0.2) is 0 Å². The number of methoxy groups -OCH3 is 1. The van der Waals surface area contributed by atoms with Gasteiger partial charge in [0.1, 0.15) is 4.32 Å². The van der Waals surface area contributed by atoms with Gasteiger partial charge in [-0.1, -0.05) is 95.7 Å². The topological polar surface area (TPSA) is 85.3 Å². The Hall–Kier alpha value is -1.74. The first kappa shape index (κ1) is 37.0. The maximum Gasteiger partial charge on any atom is 0.335 e. The van der Waals surface area contributed by atoms with E-state index < -0.39 is 0 Å². The van der Waals surface area contributed by atoms with Crippen molar-refractivity contribution in [3.05, 3.63) is 11.6 Å². The van der Waals surface area contributed by atoms with Crippen LogP contribution in [0.2, 0.25) is 0 Å². The van der Waals surface area contributed by atoms with Gasteiger partial charge >= 0.3 is 11.9 Å². The van der Waals surface area contributed by atoms with Gasteiger partial charge in [-0.2, -0.15) is 0 Å². The average Bonchev–Trinajstić information content (AvgIpc) is 3.36. The van der Waals surface area contributed by atoms with Gasteiger partial charge in [-0.05, 0) is 116 Å². The largest absolute Gasteiger partial charge is 0.469 e. The third kappa shape index (κ3) is 5.96. The smallest absolute Gasteiger partial charge is 0.335 e. The Morgan fingerprint density at radius 3 is 2.41 bits per heavy atom. The Kier molecular flexibility index (Phi) is 9.85. The van der Waals surface area contributed by atoms with E-state index in [0.29, 0.717) is 41.3 Å². The van der Waals surface area contributed by atoms with Crippen LogP contribution in [0.15, 0.2) is 16.8 Å². The molecule has 0 bridgehead atoms. The number of thioether (sulfide) groups is 1. The molecule has 1 amide bonds. The van der Waals surface area contributed by atoms with Crippen molar-refractivity contribution in [2.75, 3.05) is 19.4 Å². The number of esters is 1. The summed E-state index contributed by atoms with van der Waals surface area (Å²) >= 11 is 6.68. The molecule has 4 saturated carbocycles. The summed E-state index contributed by atoms with van der Waals surface area (Å²) in [7, 11) is 1.58. The zero-order chi connectivity index (χ0) is 35.6. The number of amides is 1. The molecule has 6 rings (SSSR count). The lowest BCUT2D eigenvalue weighted by atomic mass is 9.33. The molecule has 0 aromatic heterocycles. The summed E-state index contributed by atoms with van der Waals surface area (Å²) in [6, 6.07) is 0. The van der Waals surface area contributed by atoms with Gasteiger partial charge in [-0.15, -0.1) is 0 Å². The van der Waals surface area contributed by atoms with Crippen LogP contribution in [0.5, 0.6) is 0 Å². The third-order valence-corrected chi connectivity index (χ3v) is 16.8. The molecule has 7 atom stereocenters. The van der Waals surface area contributed by atoms with Gasteiger partial charge in [0.05, 0.1) is 24.0 Å². The van der Waals surface area contributed by atoms with Crippen molar-refractivity contribution in [3.8, 4) is 0 Å². The van der Waals surface area contributed by atoms with Crippen molar-refractivity contribution in [1.82, 2.24) is 4.90 Å². The van der Waals surface area contributed by atoms with Crippen molar-refractivity contribution < 1.29 is 24.0 Å². The number of nitrogens with zero attached hydrogens (tertiary/aromatic N) is 2. The fraction of sp³-hybridized carbons (Fsp3) is 0.825. The predicted octanol–water partition coefficient (Wildman–Crippen LogP) is 9.28. The monoisotopic (exact) mass is 712 g/mol. The fourth-order valence-electron chi connectivity index (χ4n) is 12.3. The maximum absolute atomic E-state index is 13.5. The minimum Gasteiger partial charge on any atom is -0.469 e. The molecule has 0 aromatic rings. The van der Waals surface area contributed by atoms with E-state index in [4.69, 9.17) is 21.8 Å². The Bertz CT molecular complexity index is 1440. The van der Waals surface area contributed by atoms with Crippen LogP contribution < -0.4 is 0 Å². The van der Waals surface area contributed by atoms with Crippen LogP contribution in [-0.2, 0) is 24.0 Å². The molecule has 3 unspecified atom stereocenters.